The number of sulfonamides is 1. The number of amidine groups is 1. The number of rotatable bonds is 11. The van der Waals surface area contributed by atoms with Crippen LogP contribution in [0.25, 0.3) is 0 Å². The average molecular weight is 455 g/mol. The number of nitrogens with one attached hydrogen (secondary N) is 2. The highest BCUT2D eigenvalue weighted by Crippen LogP contribution is 2.22. The van der Waals surface area contributed by atoms with E-state index >= 15 is 0 Å². The fourth-order valence-corrected chi connectivity index (χ4v) is 4.50. The topological polar surface area (TPSA) is 121 Å². The Hall–Kier alpha value is -3.38. The molecule has 2 N–H and O–H groups in total. The van der Waals surface area contributed by atoms with E-state index in [2.05, 4.69) is 21.1 Å². The zero-order valence-corrected chi connectivity index (χ0v) is 18.5. The average Bonchev–Trinajstić information content (AvgIpc) is 3.04. The number of nitriles is 1. The number of fused-ring (bicyclic) bond motifs is 1. The lowest BCUT2D eigenvalue weighted by Crippen LogP contribution is -2.22. The van der Waals surface area contributed by atoms with E-state index in [-0.39, 0.29) is 10.8 Å². The first kappa shape index (κ1) is 23.3. The van der Waals surface area contributed by atoms with Crippen LogP contribution in [-0.2, 0) is 14.8 Å². The van der Waals surface area contributed by atoms with Crippen LogP contribution in [0.15, 0.2) is 58.4 Å². The first-order valence-corrected chi connectivity index (χ1v) is 12.0. The van der Waals surface area contributed by atoms with Crippen molar-refractivity contribution >= 4 is 27.5 Å². The molecule has 1 aliphatic rings. The number of nitrogens with zero attached hydrogens (tertiary/aromatic N) is 2. The maximum atomic E-state index is 12.2. The summed E-state index contributed by atoms with van der Waals surface area (Å²) in [6, 6.07) is 16.0. The molecular formula is C23H26N4O4S. The standard InChI is InChI=1S/C23H26N4O4S/c24-14-5-7-16-31-19-10-8-9-18(17-19)26-22(28)13-2-1-6-15-25-23-20-11-3-4-12-21(20)32(29,30)27-23/h3-4,8-12,17H,1-2,5-7,13,15-16H2,(H,25,27)(H,26,28). The Morgan fingerprint density at radius 1 is 1.09 bits per heavy atom. The van der Waals surface area contributed by atoms with Crippen LogP contribution in [0, 0.1) is 11.3 Å². The molecule has 0 unspecified atom stereocenters. The maximum Gasteiger partial charge on any atom is 0.263 e. The van der Waals surface area contributed by atoms with Crippen LogP contribution in [0.1, 0.15) is 44.1 Å². The highest BCUT2D eigenvalue weighted by Gasteiger charge is 2.29. The van der Waals surface area contributed by atoms with E-state index in [1.807, 2.05) is 12.1 Å². The number of amides is 1. The lowest BCUT2D eigenvalue weighted by atomic mass is 10.1. The summed E-state index contributed by atoms with van der Waals surface area (Å²) in [5.41, 5.74) is 1.27. The Morgan fingerprint density at radius 2 is 1.94 bits per heavy atom. The number of benzene rings is 2. The fraction of sp³-hybridized carbons (Fsp3) is 0.348. The van der Waals surface area contributed by atoms with Gasteiger partial charge in [0.25, 0.3) is 10.0 Å². The summed E-state index contributed by atoms with van der Waals surface area (Å²) in [5, 5.41) is 11.4. The molecule has 1 amide bonds. The molecule has 32 heavy (non-hydrogen) atoms. The molecule has 1 aliphatic heterocycles. The van der Waals surface area contributed by atoms with Gasteiger partial charge >= 0.3 is 0 Å². The maximum absolute atomic E-state index is 12.2. The first-order chi connectivity index (χ1) is 15.5. The third kappa shape index (κ3) is 6.56. The quantitative estimate of drug-likeness (QED) is 0.503. The molecule has 9 heteroatoms. The van der Waals surface area contributed by atoms with Crippen molar-refractivity contribution in [2.45, 2.75) is 43.4 Å². The predicted molar refractivity (Wildman–Crippen MR) is 122 cm³/mol. The molecule has 0 atom stereocenters. The molecule has 8 nitrogen and oxygen atoms in total. The molecule has 0 spiro atoms. The Labute approximate surface area is 188 Å². The van der Waals surface area contributed by atoms with Gasteiger partial charge in [0.15, 0.2) is 0 Å². The fourth-order valence-electron chi connectivity index (χ4n) is 3.24. The number of carbonyl (C=O) groups excluding carboxylic acids is 1. The highest BCUT2D eigenvalue weighted by molar-refractivity contribution is 7.90. The van der Waals surface area contributed by atoms with Gasteiger partial charge in [-0.2, -0.15) is 5.26 Å². The summed E-state index contributed by atoms with van der Waals surface area (Å²) in [4.78, 5) is 16.8. The Balaban J connectivity index is 1.37. The van der Waals surface area contributed by atoms with Gasteiger partial charge in [0.05, 0.1) is 17.6 Å². The van der Waals surface area contributed by atoms with E-state index < -0.39 is 10.0 Å². The van der Waals surface area contributed by atoms with E-state index in [1.165, 1.54) is 0 Å². The lowest BCUT2D eigenvalue weighted by molar-refractivity contribution is -0.116. The molecular weight excluding hydrogens is 428 g/mol. The molecule has 1 heterocycles. The minimum absolute atomic E-state index is 0.0737. The zero-order chi connectivity index (χ0) is 22.8. The molecule has 0 saturated carbocycles. The summed E-state index contributed by atoms with van der Waals surface area (Å²) < 4.78 is 32.2. The molecule has 0 aromatic heterocycles. The Kier molecular flexibility index (Phi) is 8.22. The van der Waals surface area contributed by atoms with Crippen molar-refractivity contribution in [3.63, 3.8) is 0 Å². The number of anilines is 1. The molecule has 0 fully saturated rings. The van der Waals surface area contributed by atoms with Gasteiger partial charge in [-0.1, -0.05) is 24.6 Å². The van der Waals surface area contributed by atoms with Crippen molar-refractivity contribution in [3.05, 3.63) is 54.1 Å². The van der Waals surface area contributed by atoms with Gasteiger partial charge in [-0.25, -0.2) is 8.42 Å². The molecule has 0 saturated heterocycles. The van der Waals surface area contributed by atoms with E-state index in [4.69, 9.17) is 10.00 Å². The number of aliphatic imine (C=N–C) groups is 1. The van der Waals surface area contributed by atoms with Crippen LogP contribution >= 0.6 is 0 Å². The molecule has 3 rings (SSSR count). The summed E-state index contributed by atoms with van der Waals surface area (Å²) in [6.07, 6.45) is 3.78. The minimum atomic E-state index is -3.51. The van der Waals surface area contributed by atoms with Crippen molar-refractivity contribution in [1.82, 2.24) is 4.72 Å². The van der Waals surface area contributed by atoms with Gasteiger partial charge in [-0.05, 0) is 43.5 Å². The van der Waals surface area contributed by atoms with Crippen molar-refractivity contribution in [1.29, 1.82) is 5.26 Å². The van der Waals surface area contributed by atoms with Crippen LogP contribution in [0.4, 0.5) is 5.69 Å². The smallest absolute Gasteiger partial charge is 0.263 e. The van der Waals surface area contributed by atoms with Crippen LogP contribution < -0.4 is 14.8 Å². The molecule has 2 aromatic carbocycles. The summed E-state index contributed by atoms with van der Waals surface area (Å²) in [7, 11) is -3.51. The van der Waals surface area contributed by atoms with Gasteiger partial charge in [0.2, 0.25) is 5.91 Å². The van der Waals surface area contributed by atoms with Gasteiger partial charge in [0, 0.05) is 36.7 Å². The van der Waals surface area contributed by atoms with Gasteiger partial charge in [0.1, 0.15) is 11.6 Å². The third-order valence-electron chi connectivity index (χ3n) is 4.81. The van der Waals surface area contributed by atoms with Crippen molar-refractivity contribution < 1.29 is 17.9 Å². The number of ether oxygens (including phenoxy) is 1. The van der Waals surface area contributed by atoms with E-state index in [0.717, 1.165) is 12.8 Å². The second-order valence-electron chi connectivity index (χ2n) is 7.33. The van der Waals surface area contributed by atoms with Crippen LogP contribution in [0.2, 0.25) is 0 Å². The SMILES string of the molecule is N#CCCCOc1cccc(NC(=O)CCCCCN=C2NS(=O)(=O)c3ccccc32)c1. The van der Waals surface area contributed by atoms with Crippen LogP contribution in [0.5, 0.6) is 5.75 Å². The first-order valence-electron chi connectivity index (χ1n) is 10.6. The van der Waals surface area contributed by atoms with Crippen LogP contribution in [0.3, 0.4) is 0 Å². The highest BCUT2D eigenvalue weighted by atomic mass is 32.2. The Bertz CT molecular complexity index is 1120. The molecule has 2 aromatic rings. The second-order valence-corrected chi connectivity index (χ2v) is 8.98. The van der Waals surface area contributed by atoms with E-state index in [9.17, 15) is 13.2 Å². The minimum Gasteiger partial charge on any atom is -0.493 e. The lowest BCUT2D eigenvalue weighted by Gasteiger charge is -2.09. The zero-order valence-electron chi connectivity index (χ0n) is 17.7. The Morgan fingerprint density at radius 3 is 2.78 bits per heavy atom. The van der Waals surface area contributed by atoms with Crippen molar-refractivity contribution in [2.24, 2.45) is 4.99 Å². The van der Waals surface area contributed by atoms with Gasteiger partial charge in [-0.15, -0.1) is 0 Å². The monoisotopic (exact) mass is 454 g/mol. The molecule has 0 aliphatic carbocycles. The van der Waals surface area contributed by atoms with Gasteiger partial charge in [-0.3, -0.25) is 14.5 Å². The van der Waals surface area contributed by atoms with E-state index in [0.29, 0.717) is 61.7 Å². The van der Waals surface area contributed by atoms with E-state index in [1.54, 1.807) is 36.4 Å². The molecule has 0 bridgehead atoms. The van der Waals surface area contributed by atoms with Crippen LogP contribution in [-0.4, -0.2) is 33.3 Å². The largest absolute Gasteiger partial charge is 0.493 e. The number of unbranched alkanes of at least 4 members (excludes halogenated alkanes) is 3. The molecule has 168 valence electrons. The molecule has 0 radical (unpaired) electrons. The van der Waals surface area contributed by atoms with Gasteiger partial charge < -0.3 is 10.1 Å². The third-order valence-corrected chi connectivity index (χ3v) is 6.21. The summed E-state index contributed by atoms with van der Waals surface area (Å²) in [5.74, 6) is 0.965. The van der Waals surface area contributed by atoms with Crippen molar-refractivity contribution in [2.75, 3.05) is 18.5 Å². The summed E-state index contributed by atoms with van der Waals surface area (Å²) >= 11 is 0. The number of carbonyl (C=O) groups is 1. The van der Waals surface area contributed by atoms with Crippen molar-refractivity contribution in [3.8, 4) is 11.8 Å². The number of hydrogen-bond donors (Lipinski definition) is 2. The normalized spacial score (nSPS) is 14.9. The second kappa shape index (κ2) is 11.3. The summed E-state index contributed by atoms with van der Waals surface area (Å²) in [6.45, 7) is 0.946. The predicted octanol–water partition coefficient (Wildman–Crippen LogP) is 3.61. The number of hydrogen-bond acceptors (Lipinski definition) is 6.